The van der Waals surface area contributed by atoms with Crippen molar-refractivity contribution >= 4 is 35.1 Å². The molecule has 6 nitrogen and oxygen atoms in total. The third kappa shape index (κ3) is 3.46. The molecule has 0 aromatic carbocycles. The third-order valence-electron chi connectivity index (χ3n) is 3.32. The van der Waals surface area contributed by atoms with Crippen LogP contribution in [0.4, 0.5) is 11.8 Å². The summed E-state index contributed by atoms with van der Waals surface area (Å²) in [4.78, 5) is 14.2. The number of anilines is 2. The molecule has 0 spiro atoms. The minimum absolute atomic E-state index is 0.208. The molecule has 1 aromatic rings. The number of halogens is 1. The summed E-state index contributed by atoms with van der Waals surface area (Å²) in [5, 5.41) is 12.4. The van der Waals surface area contributed by atoms with Gasteiger partial charge in [-0.05, 0) is 6.26 Å². The molecule has 2 rings (SSSR count). The first-order chi connectivity index (χ1) is 9.69. The number of nitrogens with zero attached hydrogens (tertiary/aromatic N) is 4. The molecular weight excluding hydrogens is 298 g/mol. The summed E-state index contributed by atoms with van der Waals surface area (Å²) in [6, 6.07) is 0. The van der Waals surface area contributed by atoms with E-state index in [1.807, 2.05) is 6.26 Å². The Hall–Kier alpha value is -0.760. The zero-order chi connectivity index (χ0) is 14.5. The van der Waals surface area contributed by atoms with E-state index in [4.69, 9.17) is 16.7 Å². The monoisotopic (exact) mass is 317 g/mol. The number of nitrogens with one attached hydrogen (secondary N) is 1. The molecule has 1 aliphatic rings. The highest BCUT2D eigenvalue weighted by Gasteiger charge is 2.22. The molecule has 0 saturated carbocycles. The number of aliphatic hydroxyl groups is 1. The summed E-state index contributed by atoms with van der Waals surface area (Å²) in [5.41, 5.74) is 0. The zero-order valence-corrected chi connectivity index (χ0v) is 13.3. The van der Waals surface area contributed by atoms with E-state index in [-0.39, 0.29) is 6.61 Å². The summed E-state index contributed by atoms with van der Waals surface area (Å²) >= 11 is 7.79. The second-order valence-corrected chi connectivity index (χ2v) is 5.67. The van der Waals surface area contributed by atoms with Crippen LogP contribution >= 0.6 is 23.4 Å². The molecular formula is C12H20ClN5OS. The Morgan fingerprint density at radius 1 is 1.30 bits per heavy atom. The first-order valence-electron chi connectivity index (χ1n) is 6.57. The number of piperazine rings is 1. The maximum absolute atomic E-state index is 8.98. The molecule has 1 saturated heterocycles. The van der Waals surface area contributed by atoms with Crippen LogP contribution in [-0.4, -0.2) is 72.6 Å². The second-order valence-electron chi connectivity index (χ2n) is 4.50. The normalized spacial score (nSPS) is 16.5. The van der Waals surface area contributed by atoms with Crippen LogP contribution in [0, 0.1) is 0 Å². The van der Waals surface area contributed by atoms with E-state index in [0.29, 0.717) is 11.1 Å². The minimum atomic E-state index is 0.208. The van der Waals surface area contributed by atoms with E-state index >= 15 is 0 Å². The number of hydrogen-bond acceptors (Lipinski definition) is 7. The van der Waals surface area contributed by atoms with Gasteiger partial charge in [-0.25, -0.2) is 0 Å². The van der Waals surface area contributed by atoms with Crippen molar-refractivity contribution in [2.45, 2.75) is 4.90 Å². The molecule has 1 fully saturated rings. The highest BCUT2D eigenvalue weighted by atomic mass is 35.5. The Labute approximate surface area is 128 Å². The van der Waals surface area contributed by atoms with E-state index < -0.39 is 0 Å². The van der Waals surface area contributed by atoms with Crippen LogP contribution in [0.1, 0.15) is 0 Å². The molecule has 2 heterocycles. The van der Waals surface area contributed by atoms with Crippen molar-refractivity contribution in [3.05, 3.63) is 5.15 Å². The van der Waals surface area contributed by atoms with Gasteiger partial charge in [-0.2, -0.15) is 9.97 Å². The Morgan fingerprint density at radius 3 is 2.55 bits per heavy atom. The van der Waals surface area contributed by atoms with Gasteiger partial charge in [-0.3, -0.25) is 4.90 Å². The van der Waals surface area contributed by atoms with Crippen LogP contribution in [0.3, 0.4) is 0 Å². The molecule has 0 amide bonds. The lowest BCUT2D eigenvalue weighted by atomic mass is 10.3. The van der Waals surface area contributed by atoms with Gasteiger partial charge in [0.25, 0.3) is 0 Å². The standard InChI is InChI=1S/C12H20ClN5OS/c1-14-12-15-10(13)9(20-2)11(16-12)18-5-3-17(4-6-18)7-8-19/h19H,3-8H2,1-2H3,(H,14,15,16). The fourth-order valence-electron chi connectivity index (χ4n) is 2.24. The van der Waals surface area contributed by atoms with Crippen LogP contribution in [0.15, 0.2) is 4.90 Å². The van der Waals surface area contributed by atoms with Crippen LogP contribution in [0.2, 0.25) is 5.15 Å². The quantitative estimate of drug-likeness (QED) is 0.620. The van der Waals surface area contributed by atoms with Crippen molar-refractivity contribution in [1.29, 1.82) is 0 Å². The SMILES string of the molecule is CNc1nc(Cl)c(SC)c(N2CCN(CCO)CC2)n1. The van der Waals surface area contributed by atoms with Gasteiger partial charge in [0.15, 0.2) is 0 Å². The molecule has 0 atom stereocenters. The zero-order valence-electron chi connectivity index (χ0n) is 11.8. The van der Waals surface area contributed by atoms with Gasteiger partial charge in [0.2, 0.25) is 5.95 Å². The number of aliphatic hydroxyl groups excluding tert-OH is 1. The van der Waals surface area contributed by atoms with E-state index in [1.165, 1.54) is 0 Å². The first-order valence-corrected chi connectivity index (χ1v) is 8.17. The lowest BCUT2D eigenvalue weighted by Crippen LogP contribution is -2.47. The molecule has 0 bridgehead atoms. The molecule has 112 valence electrons. The van der Waals surface area contributed by atoms with Crippen LogP contribution in [0.25, 0.3) is 0 Å². The molecule has 0 unspecified atom stereocenters. The predicted molar refractivity (Wildman–Crippen MR) is 84.1 cm³/mol. The van der Waals surface area contributed by atoms with E-state index in [0.717, 1.165) is 43.4 Å². The second kappa shape index (κ2) is 7.31. The van der Waals surface area contributed by atoms with E-state index in [1.54, 1.807) is 18.8 Å². The molecule has 0 radical (unpaired) electrons. The summed E-state index contributed by atoms with van der Waals surface area (Å²) < 4.78 is 0. The van der Waals surface area contributed by atoms with Gasteiger partial charge in [-0.1, -0.05) is 11.6 Å². The van der Waals surface area contributed by atoms with Crippen molar-refractivity contribution in [1.82, 2.24) is 14.9 Å². The van der Waals surface area contributed by atoms with Gasteiger partial charge in [0, 0.05) is 39.8 Å². The molecule has 20 heavy (non-hydrogen) atoms. The topological polar surface area (TPSA) is 64.5 Å². The van der Waals surface area contributed by atoms with Crippen LogP contribution < -0.4 is 10.2 Å². The van der Waals surface area contributed by atoms with Crippen molar-refractivity contribution in [2.75, 3.05) is 62.9 Å². The number of hydrogen-bond donors (Lipinski definition) is 2. The van der Waals surface area contributed by atoms with Gasteiger partial charge < -0.3 is 15.3 Å². The van der Waals surface area contributed by atoms with E-state index in [2.05, 4.69) is 25.1 Å². The smallest absolute Gasteiger partial charge is 0.225 e. The van der Waals surface area contributed by atoms with Crippen molar-refractivity contribution in [3.63, 3.8) is 0 Å². The minimum Gasteiger partial charge on any atom is -0.395 e. The molecule has 2 N–H and O–H groups in total. The molecule has 1 aliphatic heterocycles. The van der Waals surface area contributed by atoms with Crippen molar-refractivity contribution < 1.29 is 5.11 Å². The molecule has 1 aromatic heterocycles. The van der Waals surface area contributed by atoms with Crippen LogP contribution in [0.5, 0.6) is 0 Å². The van der Waals surface area contributed by atoms with Gasteiger partial charge in [-0.15, -0.1) is 11.8 Å². The lowest BCUT2D eigenvalue weighted by Gasteiger charge is -2.35. The number of thioether (sulfide) groups is 1. The first kappa shape index (κ1) is 15.6. The fraction of sp³-hybridized carbons (Fsp3) is 0.667. The van der Waals surface area contributed by atoms with Gasteiger partial charge in [0.1, 0.15) is 11.0 Å². The fourth-order valence-corrected chi connectivity index (χ4v) is 3.21. The summed E-state index contributed by atoms with van der Waals surface area (Å²) in [6.45, 7) is 4.54. The highest BCUT2D eigenvalue weighted by Crippen LogP contribution is 2.33. The average molecular weight is 318 g/mol. The number of aromatic nitrogens is 2. The summed E-state index contributed by atoms with van der Waals surface area (Å²) in [5.74, 6) is 1.44. The molecule has 8 heteroatoms. The summed E-state index contributed by atoms with van der Waals surface area (Å²) in [7, 11) is 1.79. The van der Waals surface area contributed by atoms with E-state index in [9.17, 15) is 0 Å². The third-order valence-corrected chi connectivity index (χ3v) is 4.49. The maximum atomic E-state index is 8.98. The van der Waals surface area contributed by atoms with Crippen molar-refractivity contribution in [2.24, 2.45) is 0 Å². The van der Waals surface area contributed by atoms with Gasteiger partial charge in [0.05, 0.1) is 11.5 Å². The predicted octanol–water partition coefficient (Wildman–Crippen LogP) is 1.01. The Bertz CT molecular complexity index is 454. The average Bonchev–Trinajstić information content (AvgIpc) is 2.47. The lowest BCUT2D eigenvalue weighted by molar-refractivity contribution is 0.188. The Morgan fingerprint density at radius 2 is 2.00 bits per heavy atom. The summed E-state index contributed by atoms with van der Waals surface area (Å²) in [6.07, 6.45) is 1.98. The van der Waals surface area contributed by atoms with Crippen molar-refractivity contribution in [3.8, 4) is 0 Å². The Balaban J connectivity index is 2.18. The maximum Gasteiger partial charge on any atom is 0.225 e. The number of rotatable bonds is 5. The number of β-amino-alcohol motifs (C(OH)–C–C–N with tert-alkyl or cyclic N) is 1. The van der Waals surface area contributed by atoms with Crippen LogP contribution in [-0.2, 0) is 0 Å². The highest BCUT2D eigenvalue weighted by molar-refractivity contribution is 7.98. The Kier molecular flexibility index (Phi) is 5.71. The largest absolute Gasteiger partial charge is 0.395 e. The molecule has 0 aliphatic carbocycles. The van der Waals surface area contributed by atoms with Gasteiger partial charge >= 0.3 is 0 Å².